The van der Waals surface area contributed by atoms with Crippen molar-refractivity contribution < 1.29 is 4.74 Å². The Labute approximate surface area is 162 Å². The highest BCUT2D eigenvalue weighted by atomic mass is 16.5. The molecule has 1 spiro atoms. The molecule has 2 aromatic carbocycles. The van der Waals surface area contributed by atoms with E-state index < -0.39 is 0 Å². The first-order valence-corrected chi connectivity index (χ1v) is 10.2. The van der Waals surface area contributed by atoms with Gasteiger partial charge in [0.25, 0.3) is 0 Å². The van der Waals surface area contributed by atoms with Gasteiger partial charge in [0.1, 0.15) is 0 Å². The van der Waals surface area contributed by atoms with Crippen LogP contribution < -0.4 is 5.32 Å². The van der Waals surface area contributed by atoms with Gasteiger partial charge < -0.3 is 10.1 Å². The van der Waals surface area contributed by atoms with Gasteiger partial charge in [-0.05, 0) is 78.2 Å². The van der Waals surface area contributed by atoms with Crippen molar-refractivity contribution >= 4 is 0 Å². The lowest BCUT2D eigenvalue weighted by atomic mass is 9.83. The van der Waals surface area contributed by atoms with Crippen LogP contribution in [0.4, 0.5) is 0 Å². The van der Waals surface area contributed by atoms with E-state index in [2.05, 4.69) is 54.7 Å². The maximum absolute atomic E-state index is 8.93. The summed E-state index contributed by atoms with van der Waals surface area (Å²) < 4.78 is 6.30. The number of piperidine rings is 1. The van der Waals surface area contributed by atoms with Crippen molar-refractivity contribution in [3.63, 3.8) is 0 Å². The number of aryl methyl sites for hydroxylation is 2. The predicted molar refractivity (Wildman–Crippen MR) is 108 cm³/mol. The van der Waals surface area contributed by atoms with Gasteiger partial charge >= 0.3 is 0 Å². The van der Waals surface area contributed by atoms with Crippen LogP contribution in [0.3, 0.4) is 0 Å². The van der Waals surface area contributed by atoms with Gasteiger partial charge in [0.05, 0.1) is 18.3 Å². The van der Waals surface area contributed by atoms with Crippen molar-refractivity contribution in [2.75, 3.05) is 13.1 Å². The average Bonchev–Trinajstić information content (AvgIpc) is 3.05. The van der Waals surface area contributed by atoms with E-state index in [0.29, 0.717) is 6.42 Å². The lowest BCUT2D eigenvalue weighted by Gasteiger charge is -2.34. The Kier molecular flexibility index (Phi) is 5.29. The molecule has 4 rings (SSSR count). The highest BCUT2D eigenvalue weighted by Gasteiger charge is 2.40. The summed E-state index contributed by atoms with van der Waals surface area (Å²) in [5.41, 5.74) is 7.92. The van der Waals surface area contributed by atoms with Crippen LogP contribution in [0.25, 0.3) is 11.1 Å². The molecule has 3 heteroatoms. The van der Waals surface area contributed by atoms with Crippen LogP contribution in [0.1, 0.15) is 54.9 Å². The summed E-state index contributed by atoms with van der Waals surface area (Å²) in [5.74, 6) is 0. The van der Waals surface area contributed by atoms with Gasteiger partial charge in [-0.3, -0.25) is 0 Å². The molecule has 0 unspecified atom stereocenters. The van der Waals surface area contributed by atoms with E-state index in [4.69, 9.17) is 10.00 Å². The normalized spacial score (nSPS) is 17.6. The molecule has 2 aliphatic heterocycles. The SMILES string of the molecule is CCCc1cc(-c2ccc3c(c2)C2(CCNCC2)OC3)ccc1CCC#N. The maximum atomic E-state index is 8.93. The highest BCUT2D eigenvalue weighted by Crippen LogP contribution is 2.44. The van der Waals surface area contributed by atoms with Gasteiger partial charge in [0, 0.05) is 6.42 Å². The molecule has 0 bridgehead atoms. The zero-order chi connectivity index (χ0) is 18.7. The zero-order valence-electron chi connectivity index (χ0n) is 16.2. The fourth-order valence-electron chi connectivity index (χ4n) is 4.59. The van der Waals surface area contributed by atoms with Gasteiger partial charge in [-0.2, -0.15) is 5.26 Å². The largest absolute Gasteiger partial charge is 0.365 e. The zero-order valence-corrected chi connectivity index (χ0v) is 16.2. The van der Waals surface area contributed by atoms with Crippen molar-refractivity contribution in [1.82, 2.24) is 5.32 Å². The first kappa shape index (κ1) is 18.2. The fourth-order valence-corrected chi connectivity index (χ4v) is 4.59. The number of benzene rings is 2. The van der Waals surface area contributed by atoms with Crippen LogP contribution in [0.5, 0.6) is 0 Å². The Bertz CT molecular complexity index is 854. The van der Waals surface area contributed by atoms with Gasteiger partial charge in [-0.15, -0.1) is 0 Å². The van der Waals surface area contributed by atoms with Crippen LogP contribution in [0.2, 0.25) is 0 Å². The lowest BCUT2D eigenvalue weighted by molar-refractivity contribution is -0.0589. The smallest absolute Gasteiger partial charge is 0.0963 e. The molecule has 0 aliphatic carbocycles. The van der Waals surface area contributed by atoms with E-state index in [0.717, 1.165) is 51.8 Å². The molecule has 140 valence electrons. The monoisotopic (exact) mass is 360 g/mol. The van der Waals surface area contributed by atoms with Crippen molar-refractivity contribution in [3.05, 3.63) is 58.7 Å². The number of rotatable bonds is 5. The van der Waals surface area contributed by atoms with E-state index in [1.54, 1.807) is 0 Å². The standard InChI is InChI=1S/C24H28N2O/c1-2-4-19-15-20(7-6-18(19)5-3-12-25)21-8-9-22-17-27-24(23(22)16-21)10-13-26-14-11-24/h6-9,15-16,26H,2-5,10-11,13-14,17H2,1H3. The Morgan fingerprint density at radius 2 is 1.81 bits per heavy atom. The molecule has 0 saturated carbocycles. The van der Waals surface area contributed by atoms with Gasteiger partial charge in [-0.1, -0.05) is 43.7 Å². The molecule has 2 aromatic rings. The summed E-state index contributed by atoms with van der Waals surface area (Å²) in [6, 6.07) is 15.9. The molecule has 0 atom stereocenters. The van der Waals surface area contributed by atoms with E-state index in [1.807, 2.05) is 0 Å². The van der Waals surface area contributed by atoms with Gasteiger partial charge in [0.15, 0.2) is 0 Å². The van der Waals surface area contributed by atoms with Crippen LogP contribution in [0, 0.1) is 11.3 Å². The van der Waals surface area contributed by atoms with Crippen molar-refractivity contribution in [1.29, 1.82) is 5.26 Å². The maximum Gasteiger partial charge on any atom is 0.0963 e. The second kappa shape index (κ2) is 7.84. The van der Waals surface area contributed by atoms with Crippen molar-refractivity contribution in [2.24, 2.45) is 0 Å². The van der Waals surface area contributed by atoms with E-state index in [1.165, 1.54) is 33.4 Å². The number of nitrogens with one attached hydrogen (secondary N) is 1. The Morgan fingerprint density at radius 1 is 1.04 bits per heavy atom. The molecule has 2 heterocycles. The number of fused-ring (bicyclic) bond motifs is 2. The first-order valence-electron chi connectivity index (χ1n) is 10.2. The molecule has 0 radical (unpaired) electrons. The predicted octanol–water partition coefficient (Wildman–Crippen LogP) is 4.87. The average molecular weight is 361 g/mol. The minimum absolute atomic E-state index is 0.0877. The quantitative estimate of drug-likeness (QED) is 0.827. The summed E-state index contributed by atoms with van der Waals surface area (Å²) in [6.45, 7) is 5.01. The first-order chi connectivity index (χ1) is 13.3. The van der Waals surface area contributed by atoms with E-state index in [-0.39, 0.29) is 5.60 Å². The molecule has 1 N–H and O–H groups in total. The molecular formula is C24H28N2O. The molecule has 0 aromatic heterocycles. The fraction of sp³-hybridized carbons (Fsp3) is 0.458. The van der Waals surface area contributed by atoms with E-state index in [9.17, 15) is 0 Å². The van der Waals surface area contributed by atoms with Crippen LogP contribution >= 0.6 is 0 Å². The Morgan fingerprint density at radius 3 is 2.59 bits per heavy atom. The van der Waals surface area contributed by atoms with Crippen LogP contribution in [-0.2, 0) is 29.8 Å². The summed E-state index contributed by atoms with van der Waals surface area (Å²) in [4.78, 5) is 0. The Balaban J connectivity index is 1.69. The third-order valence-electron chi connectivity index (χ3n) is 6.08. The molecule has 27 heavy (non-hydrogen) atoms. The van der Waals surface area contributed by atoms with Crippen LogP contribution in [-0.4, -0.2) is 13.1 Å². The molecule has 1 fully saturated rings. The second-order valence-corrected chi connectivity index (χ2v) is 7.80. The molecule has 2 aliphatic rings. The number of hydrogen-bond acceptors (Lipinski definition) is 3. The minimum atomic E-state index is -0.0877. The topological polar surface area (TPSA) is 45.0 Å². The van der Waals surface area contributed by atoms with Crippen molar-refractivity contribution in [3.8, 4) is 17.2 Å². The molecule has 1 saturated heterocycles. The molecule has 3 nitrogen and oxygen atoms in total. The second-order valence-electron chi connectivity index (χ2n) is 7.80. The summed E-state index contributed by atoms with van der Waals surface area (Å²) >= 11 is 0. The van der Waals surface area contributed by atoms with Gasteiger partial charge in [-0.25, -0.2) is 0 Å². The number of nitrogens with zero attached hydrogens (tertiary/aromatic N) is 1. The van der Waals surface area contributed by atoms with Gasteiger partial charge in [0.2, 0.25) is 0 Å². The summed E-state index contributed by atoms with van der Waals surface area (Å²) in [6.07, 6.45) is 5.73. The van der Waals surface area contributed by atoms with Crippen molar-refractivity contribution in [2.45, 2.75) is 57.7 Å². The summed E-state index contributed by atoms with van der Waals surface area (Å²) in [5, 5.41) is 12.4. The van der Waals surface area contributed by atoms with E-state index >= 15 is 0 Å². The Hall–Kier alpha value is -2.15. The summed E-state index contributed by atoms with van der Waals surface area (Å²) in [7, 11) is 0. The number of ether oxygens (including phenoxy) is 1. The molecular weight excluding hydrogens is 332 g/mol. The number of nitriles is 1. The molecule has 0 amide bonds. The third-order valence-corrected chi connectivity index (χ3v) is 6.08. The lowest BCUT2D eigenvalue weighted by Crippen LogP contribution is -2.39. The van der Waals surface area contributed by atoms with Crippen LogP contribution in [0.15, 0.2) is 36.4 Å². The minimum Gasteiger partial charge on any atom is -0.365 e. The number of hydrogen-bond donors (Lipinski definition) is 1. The third kappa shape index (κ3) is 3.52. The highest BCUT2D eigenvalue weighted by molar-refractivity contribution is 5.67.